The molecule has 4 heterocycles. The Hall–Kier alpha value is -5.43. The van der Waals surface area contributed by atoms with Crippen LogP contribution >= 0.6 is 0 Å². The molecule has 0 aliphatic rings. The predicted octanol–water partition coefficient (Wildman–Crippen LogP) is 4.63. The highest BCUT2D eigenvalue weighted by Crippen LogP contribution is 2.25. The fraction of sp³-hybridized carbons (Fsp3) is 0.0714. The summed E-state index contributed by atoms with van der Waals surface area (Å²) in [6, 6.07) is 20.2. The Labute approximate surface area is 234 Å². The molecule has 0 bridgehead atoms. The first kappa shape index (κ1) is 25.8. The standard InChI is InChI=1S/C28H22N8O4S/c37-41(38,23-9-5-21(6-10-23)31-17-25-33-35-27(39-25)19-3-1-13-29-15-19)24-11-7-22(8-12-24)32-18-26-34-36-28(40-26)20-4-2-14-30-16-20/h1-16,31-32H,17-18H2. The largest absolute Gasteiger partial charge is 0.419 e. The van der Waals surface area contributed by atoms with Gasteiger partial charge < -0.3 is 19.5 Å². The Bertz CT molecular complexity index is 1710. The van der Waals surface area contributed by atoms with E-state index in [0.717, 1.165) is 11.1 Å². The Morgan fingerprint density at radius 2 is 1.02 bits per heavy atom. The SMILES string of the molecule is O=S(=O)(c1ccc(NCc2nnc(-c3cccnc3)o2)cc1)c1ccc(NCc2nnc(-c3cccnc3)o2)cc1. The van der Waals surface area contributed by atoms with E-state index in [1.165, 1.54) is 0 Å². The van der Waals surface area contributed by atoms with Gasteiger partial charge in [-0.2, -0.15) is 0 Å². The zero-order valence-corrected chi connectivity index (χ0v) is 22.2. The number of sulfone groups is 1. The summed E-state index contributed by atoms with van der Waals surface area (Å²) in [5, 5.41) is 22.4. The van der Waals surface area contributed by atoms with Crippen molar-refractivity contribution in [1.29, 1.82) is 0 Å². The molecule has 0 saturated heterocycles. The molecule has 13 heteroatoms. The van der Waals surface area contributed by atoms with E-state index in [2.05, 4.69) is 41.0 Å². The smallest absolute Gasteiger partial charge is 0.249 e. The third-order valence-corrected chi connectivity index (χ3v) is 7.75. The minimum Gasteiger partial charge on any atom is -0.419 e. The van der Waals surface area contributed by atoms with Crippen molar-refractivity contribution in [1.82, 2.24) is 30.4 Å². The molecule has 0 amide bonds. The van der Waals surface area contributed by atoms with Crippen LogP contribution in [0.5, 0.6) is 0 Å². The van der Waals surface area contributed by atoms with Crippen molar-refractivity contribution >= 4 is 21.2 Å². The van der Waals surface area contributed by atoms with Gasteiger partial charge >= 0.3 is 0 Å². The van der Waals surface area contributed by atoms with Crippen LogP contribution in [0, 0.1) is 0 Å². The normalized spacial score (nSPS) is 11.3. The van der Waals surface area contributed by atoms with Crippen molar-refractivity contribution < 1.29 is 17.3 Å². The molecule has 12 nitrogen and oxygen atoms in total. The summed E-state index contributed by atoms with van der Waals surface area (Å²) >= 11 is 0. The van der Waals surface area contributed by atoms with Crippen molar-refractivity contribution in [3.63, 3.8) is 0 Å². The van der Waals surface area contributed by atoms with Gasteiger partial charge in [-0.25, -0.2) is 8.42 Å². The van der Waals surface area contributed by atoms with Gasteiger partial charge in [0.05, 0.1) is 34.0 Å². The maximum atomic E-state index is 13.2. The van der Waals surface area contributed by atoms with Gasteiger partial charge in [0.1, 0.15) is 0 Å². The van der Waals surface area contributed by atoms with Gasteiger partial charge in [-0.1, -0.05) is 0 Å². The Balaban J connectivity index is 1.05. The first-order chi connectivity index (χ1) is 20.0. The summed E-state index contributed by atoms with van der Waals surface area (Å²) in [7, 11) is -3.71. The molecular weight excluding hydrogens is 544 g/mol. The van der Waals surface area contributed by atoms with E-state index in [0.29, 0.717) is 34.9 Å². The molecule has 0 radical (unpaired) electrons. The zero-order chi connectivity index (χ0) is 28.1. The number of pyridine rings is 2. The Morgan fingerprint density at radius 3 is 1.41 bits per heavy atom. The molecule has 2 aromatic carbocycles. The lowest BCUT2D eigenvalue weighted by Crippen LogP contribution is -2.04. The number of rotatable bonds is 10. The molecule has 0 aliphatic carbocycles. The molecule has 204 valence electrons. The molecule has 0 aliphatic heterocycles. The Morgan fingerprint density at radius 1 is 0.585 bits per heavy atom. The van der Waals surface area contributed by atoms with Crippen LogP contribution in [0.25, 0.3) is 22.9 Å². The number of nitrogens with one attached hydrogen (secondary N) is 2. The van der Waals surface area contributed by atoms with Gasteiger partial charge in [-0.15, -0.1) is 20.4 Å². The van der Waals surface area contributed by atoms with E-state index >= 15 is 0 Å². The summed E-state index contributed by atoms with van der Waals surface area (Å²) in [5.41, 5.74) is 2.87. The second-order valence-corrected chi connectivity index (χ2v) is 10.7. The lowest BCUT2D eigenvalue weighted by molar-refractivity contribution is 0.514. The molecule has 2 N–H and O–H groups in total. The molecule has 41 heavy (non-hydrogen) atoms. The second kappa shape index (κ2) is 11.4. The van der Waals surface area contributed by atoms with E-state index in [-0.39, 0.29) is 22.9 Å². The van der Waals surface area contributed by atoms with E-state index in [9.17, 15) is 8.42 Å². The molecule has 0 spiro atoms. The van der Waals surface area contributed by atoms with Crippen LogP contribution in [-0.4, -0.2) is 38.8 Å². The topological polar surface area (TPSA) is 162 Å². The van der Waals surface area contributed by atoms with E-state index < -0.39 is 9.84 Å². The van der Waals surface area contributed by atoms with Gasteiger partial charge in [0.25, 0.3) is 0 Å². The van der Waals surface area contributed by atoms with Crippen LogP contribution in [0.2, 0.25) is 0 Å². The van der Waals surface area contributed by atoms with Gasteiger partial charge in [0.15, 0.2) is 0 Å². The van der Waals surface area contributed by atoms with Crippen LogP contribution in [0.1, 0.15) is 11.8 Å². The van der Waals surface area contributed by atoms with E-state index in [1.54, 1.807) is 85.5 Å². The van der Waals surface area contributed by atoms with Crippen LogP contribution in [0.15, 0.2) is 116 Å². The number of hydrogen-bond donors (Lipinski definition) is 2. The third kappa shape index (κ3) is 5.94. The average Bonchev–Trinajstić information content (AvgIpc) is 3.71. The number of aromatic nitrogens is 6. The number of benzene rings is 2. The van der Waals surface area contributed by atoms with Crippen LogP contribution in [-0.2, 0) is 22.9 Å². The fourth-order valence-electron chi connectivity index (χ4n) is 3.86. The van der Waals surface area contributed by atoms with Crippen molar-refractivity contribution in [3.8, 4) is 22.9 Å². The summed E-state index contributed by atoms with van der Waals surface area (Å²) in [6.45, 7) is 0.560. The van der Waals surface area contributed by atoms with Crippen LogP contribution in [0.4, 0.5) is 11.4 Å². The molecule has 0 unspecified atom stereocenters. The predicted molar refractivity (Wildman–Crippen MR) is 148 cm³/mol. The monoisotopic (exact) mass is 566 g/mol. The van der Waals surface area contributed by atoms with Crippen molar-refractivity contribution in [2.24, 2.45) is 0 Å². The summed E-state index contributed by atoms with van der Waals surface area (Å²) in [5.74, 6) is 1.54. The van der Waals surface area contributed by atoms with Crippen LogP contribution in [0.3, 0.4) is 0 Å². The highest BCUT2D eigenvalue weighted by Gasteiger charge is 2.18. The minimum atomic E-state index is -3.71. The number of hydrogen-bond acceptors (Lipinski definition) is 12. The molecular formula is C28H22N8O4S. The third-order valence-electron chi connectivity index (χ3n) is 5.97. The van der Waals surface area contributed by atoms with E-state index in [4.69, 9.17) is 8.83 Å². The number of nitrogens with zero attached hydrogens (tertiary/aromatic N) is 6. The quantitative estimate of drug-likeness (QED) is 0.237. The summed E-state index contributed by atoms with van der Waals surface area (Å²) in [4.78, 5) is 8.43. The van der Waals surface area contributed by atoms with Crippen molar-refractivity contribution in [2.75, 3.05) is 10.6 Å². The molecule has 6 rings (SSSR count). The minimum absolute atomic E-state index is 0.175. The van der Waals surface area contributed by atoms with Crippen molar-refractivity contribution in [2.45, 2.75) is 22.9 Å². The second-order valence-electron chi connectivity index (χ2n) is 8.74. The lowest BCUT2D eigenvalue weighted by Gasteiger charge is -2.09. The molecule has 0 saturated carbocycles. The van der Waals surface area contributed by atoms with Gasteiger partial charge in [0.2, 0.25) is 33.4 Å². The molecule has 4 aromatic heterocycles. The summed E-state index contributed by atoms with van der Waals surface area (Å²) in [6.07, 6.45) is 6.62. The maximum absolute atomic E-state index is 13.2. The molecule has 0 fully saturated rings. The van der Waals surface area contributed by atoms with Crippen LogP contribution < -0.4 is 10.6 Å². The van der Waals surface area contributed by atoms with Crippen molar-refractivity contribution in [3.05, 3.63) is 109 Å². The Kier molecular flexibility index (Phi) is 7.15. The van der Waals surface area contributed by atoms with Gasteiger partial charge in [-0.05, 0) is 72.8 Å². The lowest BCUT2D eigenvalue weighted by atomic mass is 10.3. The average molecular weight is 567 g/mol. The molecule has 0 atom stereocenters. The van der Waals surface area contributed by atoms with Gasteiger partial charge in [0, 0.05) is 36.2 Å². The van der Waals surface area contributed by atoms with E-state index in [1.807, 2.05) is 12.1 Å². The first-order valence-corrected chi connectivity index (χ1v) is 13.9. The molecule has 6 aromatic rings. The number of anilines is 2. The zero-order valence-electron chi connectivity index (χ0n) is 21.4. The highest BCUT2D eigenvalue weighted by atomic mass is 32.2. The fourth-order valence-corrected chi connectivity index (χ4v) is 5.12. The summed E-state index contributed by atoms with van der Waals surface area (Å²) < 4.78 is 37.7. The van der Waals surface area contributed by atoms with Gasteiger partial charge in [-0.3, -0.25) is 9.97 Å². The highest BCUT2D eigenvalue weighted by molar-refractivity contribution is 7.91. The maximum Gasteiger partial charge on any atom is 0.249 e. The first-order valence-electron chi connectivity index (χ1n) is 12.4.